The quantitative estimate of drug-likeness (QED) is 0.323. The molecule has 3 rings (SSSR count). The van der Waals surface area contributed by atoms with Gasteiger partial charge in [0, 0.05) is 10.0 Å². The number of halogens is 2. The molecule has 150 valence electrons. The summed E-state index contributed by atoms with van der Waals surface area (Å²) in [4.78, 5) is 2.39. The molecule has 29 heavy (non-hydrogen) atoms. The minimum atomic E-state index is -3.75. The zero-order chi connectivity index (χ0) is 20.9. The van der Waals surface area contributed by atoms with Gasteiger partial charge >= 0.3 is 0 Å². The van der Waals surface area contributed by atoms with Crippen LogP contribution < -0.4 is 9.57 Å². The molecule has 0 fully saturated rings. The van der Waals surface area contributed by atoms with Crippen LogP contribution in [0, 0.1) is 6.92 Å². The molecule has 8 heteroatoms. The molecule has 0 atom stereocenters. The molecule has 0 spiro atoms. The van der Waals surface area contributed by atoms with Crippen molar-refractivity contribution in [3.63, 3.8) is 0 Å². The average molecular weight is 538 g/mol. The Labute approximate surface area is 187 Å². The standard InChI is InChI=1S/C21H18Br2N2O3S/c1-15-7-9-19(10-8-15)29(26,27)25-24-13-17-11-18(22)12-20(23)21(17)28-14-16-5-3-2-4-6-16/h2-13,25H,14H2,1H3/b24-13-. The Bertz CT molecular complexity index is 1120. The summed E-state index contributed by atoms with van der Waals surface area (Å²) in [6.07, 6.45) is 1.42. The molecule has 3 aromatic carbocycles. The third-order valence-electron chi connectivity index (χ3n) is 3.97. The Morgan fingerprint density at radius 1 is 1.03 bits per heavy atom. The maximum atomic E-state index is 12.4. The number of rotatable bonds is 7. The molecule has 5 nitrogen and oxygen atoms in total. The van der Waals surface area contributed by atoms with E-state index in [1.165, 1.54) is 18.3 Å². The number of sulfonamides is 1. The van der Waals surface area contributed by atoms with Gasteiger partial charge in [0.25, 0.3) is 10.0 Å². The number of hydrogen-bond donors (Lipinski definition) is 1. The van der Waals surface area contributed by atoms with Crippen LogP contribution in [0.3, 0.4) is 0 Å². The first-order valence-electron chi connectivity index (χ1n) is 8.62. The second-order valence-electron chi connectivity index (χ2n) is 6.25. The van der Waals surface area contributed by atoms with Crippen molar-refractivity contribution in [1.82, 2.24) is 4.83 Å². The lowest BCUT2D eigenvalue weighted by molar-refractivity contribution is 0.304. The van der Waals surface area contributed by atoms with Crippen molar-refractivity contribution in [2.45, 2.75) is 18.4 Å². The van der Waals surface area contributed by atoms with Gasteiger partial charge in [-0.2, -0.15) is 13.5 Å². The van der Waals surface area contributed by atoms with Gasteiger partial charge in [-0.25, -0.2) is 4.83 Å². The molecule has 0 radical (unpaired) electrons. The highest BCUT2D eigenvalue weighted by Gasteiger charge is 2.13. The zero-order valence-corrected chi connectivity index (χ0v) is 19.5. The number of hydrogen-bond acceptors (Lipinski definition) is 4. The van der Waals surface area contributed by atoms with E-state index < -0.39 is 10.0 Å². The fourth-order valence-electron chi connectivity index (χ4n) is 2.49. The summed E-state index contributed by atoms with van der Waals surface area (Å²) in [7, 11) is -3.75. The third-order valence-corrected chi connectivity index (χ3v) is 6.26. The van der Waals surface area contributed by atoms with Gasteiger partial charge < -0.3 is 4.74 Å². The molecule has 0 aliphatic heterocycles. The SMILES string of the molecule is Cc1ccc(S(=O)(=O)N/N=C\c2cc(Br)cc(Br)c2OCc2ccccc2)cc1. The number of aryl methyl sites for hydroxylation is 1. The Balaban J connectivity index is 1.79. The van der Waals surface area contributed by atoms with Crippen molar-refractivity contribution >= 4 is 48.1 Å². The number of nitrogens with zero attached hydrogens (tertiary/aromatic N) is 1. The van der Waals surface area contributed by atoms with Crippen LogP contribution in [-0.2, 0) is 16.6 Å². The number of nitrogens with one attached hydrogen (secondary N) is 1. The van der Waals surface area contributed by atoms with Crippen molar-refractivity contribution in [1.29, 1.82) is 0 Å². The normalized spacial score (nSPS) is 11.6. The molecule has 0 amide bonds. The van der Waals surface area contributed by atoms with E-state index in [0.29, 0.717) is 17.9 Å². The van der Waals surface area contributed by atoms with E-state index in [1.807, 2.05) is 43.3 Å². The Morgan fingerprint density at radius 2 is 1.72 bits per heavy atom. The van der Waals surface area contributed by atoms with Crippen molar-refractivity contribution in [2.75, 3.05) is 0 Å². The van der Waals surface area contributed by atoms with Crippen LogP contribution in [0.25, 0.3) is 0 Å². The summed E-state index contributed by atoms with van der Waals surface area (Å²) in [5, 5.41) is 3.93. The number of benzene rings is 3. The molecular weight excluding hydrogens is 520 g/mol. The van der Waals surface area contributed by atoms with Gasteiger partial charge in [-0.05, 0) is 52.7 Å². The molecule has 0 saturated heterocycles. The highest BCUT2D eigenvalue weighted by atomic mass is 79.9. The van der Waals surface area contributed by atoms with Crippen LogP contribution >= 0.6 is 31.9 Å². The van der Waals surface area contributed by atoms with Crippen molar-refractivity contribution in [3.8, 4) is 5.75 Å². The fraction of sp³-hybridized carbons (Fsp3) is 0.0952. The van der Waals surface area contributed by atoms with Crippen molar-refractivity contribution < 1.29 is 13.2 Å². The van der Waals surface area contributed by atoms with Gasteiger partial charge in [-0.1, -0.05) is 64.0 Å². The predicted octanol–water partition coefficient (Wildman–Crippen LogP) is 5.41. The van der Waals surface area contributed by atoms with Gasteiger partial charge in [0.1, 0.15) is 12.4 Å². The van der Waals surface area contributed by atoms with Gasteiger partial charge in [-0.3, -0.25) is 0 Å². The van der Waals surface area contributed by atoms with Crippen LogP contribution in [0.15, 0.2) is 85.7 Å². The van der Waals surface area contributed by atoms with E-state index in [4.69, 9.17) is 4.74 Å². The second kappa shape index (κ2) is 9.56. The van der Waals surface area contributed by atoms with Gasteiger partial charge in [0.15, 0.2) is 0 Å². The van der Waals surface area contributed by atoms with Crippen LogP contribution in [0.4, 0.5) is 0 Å². The minimum Gasteiger partial charge on any atom is -0.487 e. The smallest absolute Gasteiger partial charge is 0.276 e. The predicted molar refractivity (Wildman–Crippen MR) is 122 cm³/mol. The molecule has 0 unspecified atom stereocenters. The van der Waals surface area contributed by atoms with E-state index in [0.717, 1.165) is 20.1 Å². The van der Waals surface area contributed by atoms with E-state index in [9.17, 15) is 8.42 Å². The Kier molecular flexibility index (Phi) is 7.10. The second-order valence-corrected chi connectivity index (χ2v) is 9.68. The monoisotopic (exact) mass is 536 g/mol. The summed E-state index contributed by atoms with van der Waals surface area (Å²) >= 11 is 6.92. The third kappa shape index (κ3) is 5.91. The highest BCUT2D eigenvalue weighted by Crippen LogP contribution is 2.32. The summed E-state index contributed by atoms with van der Waals surface area (Å²) in [6, 6.07) is 20.0. The molecule has 0 heterocycles. The number of ether oxygens (including phenoxy) is 1. The molecule has 0 bridgehead atoms. The Morgan fingerprint density at radius 3 is 2.41 bits per heavy atom. The maximum Gasteiger partial charge on any atom is 0.276 e. The fourth-order valence-corrected chi connectivity index (χ4v) is 4.66. The van der Waals surface area contributed by atoms with E-state index in [1.54, 1.807) is 18.2 Å². The molecule has 0 aliphatic rings. The highest BCUT2D eigenvalue weighted by molar-refractivity contribution is 9.11. The molecule has 0 saturated carbocycles. The first kappa shape index (κ1) is 21.5. The Hall–Kier alpha value is -2.16. The average Bonchev–Trinajstić information content (AvgIpc) is 2.68. The summed E-state index contributed by atoms with van der Waals surface area (Å²) in [5.41, 5.74) is 2.62. The lowest BCUT2D eigenvalue weighted by Gasteiger charge is -2.12. The topological polar surface area (TPSA) is 67.8 Å². The van der Waals surface area contributed by atoms with Gasteiger partial charge in [-0.15, -0.1) is 0 Å². The molecule has 3 aromatic rings. The molecule has 0 aromatic heterocycles. The van der Waals surface area contributed by atoms with E-state index >= 15 is 0 Å². The van der Waals surface area contributed by atoms with Crippen molar-refractivity contribution in [2.24, 2.45) is 5.10 Å². The molecular formula is C21H18Br2N2O3S. The van der Waals surface area contributed by atoms with Crippen LogP contribution in [-0.4, -0.2) is 14.6 Å². The molecule has 0 aliphatic carbocycles. The summed E-state index contributed by atoms with van der Waals surface area (Å²) in [6.45, 7) is 2.26. The van der Waals surface area contributed by atoms with Gasteiger partial charge in [0.2, 0.25) is 0 Å². The van der Waals surface area contributed by atoms with Crippen LogP contribution in [0.5, 0.6) is 5.75 Å². The summed E-state index contributed by atoms with van der Waals surface area (Å²) in [5.74, 6) is 0.565. The molecule has 1 N–H and O–H groups in total. The van der Waals surface area contributed by atoms with Crippen LogP contribution in [0.2, 0.25) is 0 Å². The van der Waals surface area contributed by atoms with Crippen molar-refractivity contribution in [3.05, 3.63) is 92.4 Å². The number of hydrazone groups is 1. The van der Waals surface area contributed by atoms with E-state index in [-0.39, 0.29) is 4.90 Å². The maximum absolute atomic E-state index is 12.4. The van der Waals surface area contributed by atoms with E-state index in [2.05, 4.69) is 41.8 Å². The van der Waals surface area contributed by atoms with Crippen LogP contribution in [0.1, 0.15) is 16.7 Å². The first-order valence-corrected chi connectivity index (χ1v) is 11.7. The lowest BCUT2D eigenvalue weighted by Crippen LogP contribution is -2.18. The lowest BCUT2D eigenvalue weighted by atomic mass is 10.2. The van der Waals surface area contributed by atoms with Gasteiger partial charge in [0.05, 0.1) is 15.6 Å². The zero-order valence-electron chi connectivity index (χ0n) is 15.5. The largest absolute Gasteiger partial charge is 0.487 e. The summed E-state index contributed by atoms with van der Waals surface area (Å²) < 4.78 is 32.3. The first-order chi connectivity index (χ1) is 13.8. The minimum absolute atomic E-state index is 0.149.